The van der Waals surface area contributed by atoms with Gasteiger partial charge >= 0.3 is 0 Å². The number of aromatic nitrogens is 3. The number of nitrogens with zero attached hydrogens (tertiary/aromatic N) is 3. The van der Waals surface area contributed by atoms with Crippen LogP contribution in [0.3, 0.4) is 0 Å². The minimum Gasteiger partial charge on any atom is -0.382 e. The van der Waals surface area contributed by atoms with Crippen LogP contribution in [0.2, 0.25) is 0 Å². The fraction of sp³-hybridized carbons (Fsp3) is 0.429. The molecule has 1 saturated carbocycles. The molecule has 2 aromatic rings. The standard InChI is InChI=1S/C14H16BrN3O/c1-10-3-4-11(7-12(10)15)8-18-9-16-13(17-18)14(19)5-2-6-14/h3-4,7,9,19H,2,5-6,8H2,1H3. The summed E-state index contributed by atoms with van der Waals surface area (Å²) in [6.45, 7) is 2.73. The minimum absolute atomic E-state index is 0.560. The zero-order valence-corrected chi connectivity index (χ0v) is 12.4. The van der Waals surface area contributed by atoms with Crippen molar-refractivity contribution < 1.29 is 5.11 Å². The summed E-state index contributed by atoms with van der Waals surface area (Å²) >= 11 is 3.53. The zero-order valence-electron chi connectivity index (χ0n) is 10.8. The zero-order chi connectivity index (χ0) is 13.5. The third kappa shape index (κ3) is 2.44. The van der Waals surface area contributed by atoms with Crippen molar-refractivity contribution in [3.63, 3.8) is 0 Å². The first-order chi connectivity index (χ1) is 9.07. The Bertz CT molecular complexity index is 604. The molecular weight excluding hydrogens is 306 g/mol. The van der Waals surface area contributed by atoms with Gasteiger partial charge < -0.3 is 5.11 Å². The largest absolute Gasteiger partial charge is 0.382 e. The van der Waals surface area contributed by atoms with E-state index in [0.717, 1.165) is 29.3 Å². The van der Waals surface area contributed by atoms with Crippen LogP contribution in [0.15, 0.2) is 29.0 Å². The SMILES string of the molecule is Cc1ccc(Cn2cnc(C3(O)CCC3)n2)cc1Br. The van der Waals surface area contributed by atoms with E-state index in [1.807, 2.05) is 0 Å². The van der Waals surface area contributed by atoms with Crippen molar-refractivity contribution in [1.29, 1.82) is 0 Å². The lowest BCUT2D eigenvalue weighted by Gasteiger charge is -2.33. The van der Waals surface area contributed by atoms with Crippen molar-refractivity contribution in [2.45, 2.75) is 38.3 Å². The molecule has 0 amide bonds. The molecule has 0 unspecified atom stereocenters. The highest BCUT2D eigenvalue weighted by molar-refractivity contribution is 9.10. The van der Waals surface area contributed by atoms with Crippen molar-refractivity contribution in [3.05, 3.63) is 46.0 Å². The van der Waals surface area contributed by atoms with E-state index in [4.69, 9.17) is 0 Å². The van der Waals surface area contributed by atoms with E-state index in [-0.39, 0.29) is 0 Å². The Morgan fingerprint density at radius 3 is 2.84 bits per heavy atom. The highest BCUT2D eigenvalue weighted by atomic mass is 79.9. The van der Waals surface area contributed by atoms with Crippen LogP contribution in [0.1, 0.15) is 36.2 Å². The van der Waals surface area contributed by atoms with Gasteiger partial charge in [0, 0.05) is 4.47 Å². The van der Waals surface area contributed by atoms with Gasteiger partial charge in [-0.2, -0.15) is 5.10 Å². The normalized spacial score (nSPS) is 17.2. The number of aliphatic hydroxyl groups is 1. The lowest BCUT2D eigenvalue weighted by molar-refractivity contribution is -0.0467. The molecule has 0 saturated heterocycles. The molecule has 0 bridgehead atoms. The van der Waals surface area contributed by atoms with Gasteiger partial charge in [-0.1, -0.05) is 28.1 Å². The lowest BCUT2D eigenvalue weighted by Crippen LogP contribution is -2.35. The highest BCUT2D eigenvalue weighted by Crippen LogP contribution is 2.38. The summed E-state index contributed by atoms with van der Waals surface area (Å²) in [5, 5.41) is 14.6. The maximum Gasteiger partial charge on any atom is 0.182 e. The minimum atomic E-state index is -0.779. The average molecular weight is 322 g/mol. The Kier molecular flexibility index (Phi) is 3.19. The maximum atomic E-state index is 10.2. The van der Waals surface area contributed by atoms with Crippen molar-refractivity contribution in [3.8, 4) is 0 Å². The molecule has 5 heteroatoms. The molecule has 1 aromatic heterocycles. The summed E-state index contributed by atoms with van der Waals surface area (Å²) in [6, 6.07) is 6.25. The lowest BCUT2D eigenvalue weighted by atomic mass is 9.80. The third-order valence-corrected chi connectivity index (χ3v) is 4.57. The maximum absolute atomic E-state index is 10.2. The smallest absolute Gasteiger partial charge is 0.182 e. The number of halogens is 1. The molecule has 0 aliphatic heterocycles. The predicted molar refractivity (Wildman–Crippen MR) is 75.8 cm³/mol. The van der Waals surface area contributed by atoms with E-state index in [1.165, 1.54) is 5.56 Å². The van der Waals surface area contributed by atoms with Gasteiger partial charge in [0.2, 0.25) is 0 Å². The highest BCUT2D eigenvalue weighted by Gasteiger charge is 2.39. The van der Waals surface area contributed by atoms with Crippen LogP contribution in [-0.2, 0) is 12.1 Å². The Morgan fingerprint density at radius 1 is 1.42 bits per heavy atom. The van der Waals surface area contributed by atoms with Crippen LogP contribution in [0.5, 0.6) is 0 Å². The van der Waals surface area contributed by atoms with Crippen LogP contribution in [0.4, 0.5) is 0 Å². The molecule has 0 spiro atoms. The summed E-state index contributed by atoms with van der Waals surface area (Å²) < 4.78 is 2.88. The predicted octanol–water partition coefficient (Wildman–Crippen LogP) is 2.77. The molecule has 0 radical (unpaired) electrons. The van der Waals surface area contributed by atoms with Gasteiger partial charge in [-0.3, -0.25) is 0 Å². The topological polar surface area (TPSA) is 50.9 Å². The van der Waals surface area contributed by atoms with E-state index in [2.05, 4.69) is 51.1 Å². The molecule has 1 aliphatic carbocycles. The van der Waals surface area contributed by atoms with Crippen LogP contribution < -0.4 is 0 Å². The molecule has 3 rings (SSSR count). The quantitative estimate of drug-likeness (QED) is 0.945. The second kappa shape index (κ2) is 4.72. The first kappa shape index (κ1) is 12.8. The van der Waals surface area contributed by atoms with Crippen LogP contribution in [0.25, 0.3) is 0 Å². The van der Waals surface area contributed by atoms with E-state index in [1.54, 1.807) is 11.0 Å². The summed E-state index contributed by atoms with van der Waals surface area (Å²) in [5.41, 5.74) is 1.60. The van der Waals surface area contributed by atoms with Gasteiger partial charge in [-0.25, -0.2) is 9.67 Å². The van der Waals surface area contributed by atoms with E-state index >= 15 is 0 Å². The molecule has 1 aromatic carbocycles. The molecule has 1 N–H and O–H groups in total. The first-order valence-corrected chi connectivity index (χ1v) is 7.23. The van der Waals surface area contributed by atoms with Gasteiger partial charge in [0.25, 0.3) is 0 Å². The van der Waals surface area contributed by atoms with Gasteiger partial charge in [0.1, 0.15) is 11.9 Å². The number of aryl methyl sites for hydroxylation is 1. The molecule has 19 heavy (non-hydrogen) atoms. The molecule has 1 aliphatic rings. The summed E-state index contributed by atoms with van der Waals surface area (Å²) in [4.78, 5) is 4.24. The fourth-order valence-corrected chi connectivity index (χ4v) is 2.67. The summed E-state index contributed by atoms with van der Waals surface area (Å²) in [6.07, 6.45) is 4.29. The molecule has 100 valence electrons. The number of hydrogen-bond acceptors (Lipinski definition) is 3. The van der Waals surface area contributed by atoms with E-state index in [0.29, 0.717) is 12.4 Å². The van der Waals surface area contributed by atoms with Crippen molar-refractivity contribution in [2.75, 3.05) is 0 Å². The second-order valence-corrected chi connectivity index (χ2v) is 6.09. The Hall–Kier alpha value is -1.20. The second-order valence-electron chi connectivity index (χ2n) is 5.23. The first-order valence-electron chi connectivity index (χ1n) is 6.44. The van der Waals surface area contributed by atoms with Crippen molar-refractivity contribution in [1.82, 2.24) is 14.8 Å². The van der Waals surface area contributed by atoms with E-state index < -0.39 is 5.60 Å². The van der Waals surface area contributed by atoms with Gasteiger partial charge in [-0.05, 0) is 43.4 Å². The van der Waals surface area contributed by atoms with Gasteiger partial charge in [-0.15, -0.1) is 0 Å². The Balaban J connectivity index is 1.78. The molecule has 1 fully saturated rings. The Labute approximate surface area is 120 Å². The van der Waals surface area contributed by atoms with E-state index in [9.17, 15) is 5.11 Å². The van der Waals surface area contributed by atoms with Gasteiger partial charge in [0.05, 0.1) is 6.54 Å². The van der Waals surface area contributed by atoms with Crippen molar-refractivity contribution in [2.24, 2.45) is 0 Å². The monoisotopic (exact) mass is 321 g/mol. The molecular formula is C14H16BrN3O. The molecule has 4 nitrogen and oxygen atoms in total. The Morgan fingerprint density at radius 2 is 2.21 bits per heavy atom. The van der Waals surface area contributed by atoms with Crippen LogP contribution >= 0.6 is 15.9 Å². The van der Waals surface area contributed by atoms with Crippen LogP contribution in [0, 0.1) is 6.92 Å². The number of hydrogen-bond donors (Lipinski definition) is 1. The molecule has 1 heterocycles. The average Bonchev–Trinajstić information content (AvgIpc) is 2.80. The summed E-state index contributed by atoms with van der Waals surface area (Å²) in [5.74, 6) is 0.560. The van der Waals surface area contributed by atoms with Crippen molar-refractivity contribution >= 4 is 15.9 Å². The number of benzene rings is 1. The molecule has 0 atom stereocenters. The van der Waals surface area contributed by atoms with Gasteiger partial charge in [0.15, 0.2) is 5.82 Å². The number of rotatable bonds is 3. The summed E-state index contributed by atoms with van der Waals surface area (Å²) in [7, 11) is 0. The van der Waals surface area contributed by atoms with Crippen LogP contribution in [-0.4, -0.2) is 19.9 Å². The third-order valence-electron chi connectivity index (χ3n) is 3.71. The fourth-order valence-electron chi connectivity index (χ4n) is 2.24.